The lowest BCUT2D eigenvalue weighted by atomic mass is 10.0. The first kappa shape index (κ1) is 17.1. The minimum Gasteiger partial charge on any atom is -0.454 e. The van der Waals surface area contributed by atoms with Crippen molar-refractivity contribution < 1.29 is 18.7 Å². The number of aromatic nitrogens is 1. The monoisotopic (exact) mass is 398 g/mol. The van der Waals surface area contributed by atoms with Crippen molar-refractivity contribution in [2.75, 3.05) is 6.79 Å². The molecule has 4 heterocycles. The molecule has 0 saturated carbocycles. The molecule has 0 saturated heterocycles. The predicted molar refractivity (Wildman–Crippen MR) is 110 cm³/mol. The van der Waals surface area contributed by atoms with Crippen molar-refractivity contribution in [2.45, 2.75) is 12.6 Å². The van der Waals surface area contributed by atoms with Gasteiger partial charge >= 0.3 is 0 Å². The summed E-state index contributed by atoms with van der Waals surface area (Å²) in [4.78, 5) is 13.4. The van der Waals surface area contributed by atoms with E-state index in [1.54, 1.807) is 18.2 Å². The van der Waals surface area contributed by atoms with E-state index in [9.17, 15) is 4.79 Å². The highest BCUT2D eigenvalue weighted by Gasteiger charge is 2.31. The highest BCUT2D eigenvalue weighted by atomic mass is 16.7. The quantitative estimate of drug-likeness (QED) is 0.515. The highest BCUT2D eigenvalue weighted by Crippen LogP contribution is 2.36. The molecule has 0 aliphatic carbocycles. The van der Waals surface area contributed by atoms with Crippen molar-refractivity contribution >= 4 is 5.78 Å². The maximum Gasteiger partial charge on any atom is 0.231 e. The van der Waals surface area contributed by atoms with Crippen molar-refractivity contribution in [3.8, 4) is 28.7 Å². The zero-order valence-electron chi connectivity index (χ0n) is 16.0. The number of hydrogen-bond acceptors (Lipinski definition) is 5. The van der Waals surface area contributed by atoms with Gasteiger partial charge < -0.3 is 13.9 Å². The van der Waals surface area contributed by atoms with Gasteiger partial charge in [-0.2, -0.15) is 0 Å². The third-order valence-electron chi connectivity index (χ3n) is 5.56. The summed E-state index contributed by atoms with van der Waals surface area (Å²) in [5.41, 5.74) is 3.44. The number of ketones is 1. The minimum atomic E-state index is -0.497. The summed E-state index contributed by atoms with van der Waals surface area (Å²) in [5, 5.41) is 3.41. The molecule has 1 unspecified atom stereocenters. The van der Waals surface area contributed by atoms with E-state index < -0.39 is 6.04 Å². The van der Waals surface area contributed by atoms with Crippen LogP contribution in [0, 0.1) is 0 Å². The van der Waals surface area contributed by atoms with Crippen LogP contribution in [0.25, 0.3) is 17.2 Å². The Morgan fingerprint density at radius 2 is 1.83 bits per heavy atom. The van der Waals surface area contributed by atoms with Crippen LogP contribution < -0.4 is 14.8 Å². The van der Waals surface area contributed by atoms with E-state index >= 15 is 0 Å². The maximum atomic E-state index is 13.4. The van der Waals surface area contributed by atoms with Crippen LogP contribution in [0.5, 0.6) is 11.5 Å². The molecule has 2 aromatic carbocycles. The van der Waals surface area contributed by atoms with Crippen LogP contribution in [0.4, 0.5) is 0 Å². The second-order valence-electron chi connectivity index (χ2n) is 7.36. The predicted octanol–water partition coefficient (Wildman–Crippen LogP) is 4.49. The van der Waals surface area contributed by atoms with Crippen LogP contribution in [0.1, 0.15) is 27.7 Å². The number of Topliss-reactive ketones (excluding diaryl/α,β-unsaturated/α-hetero) is 1. The van der Waals surface area contributed by atoms with Gasteiger partial charge in [0, 0.05) is 29.4 Å². The van der Waals surface area contributed by atoms with Gasteiger partial charge in [0.15, 0.2) is 17.3 Å². The fourth-order valence-corrected chi connectivity index (χ4v) is 4.07. The van der Waals surface area contributed by atoms with E-state index in [1.807, 2.05) is 59.3 Å². The molecule has 6 rings (SSSR count). The number of rotatable bonds is 3. The molecule has 148 valence electrons. The molecule has 0 amide bonds. The van der Waals surface area contributed by atoms with Gasteiger partial charge in [0.05, 0.1) is 5.69 Å². The number of ether oxygens (including phenoxy) is 2. The molecule has 2 aliphatic heterocycles. The Bertz CT molecular complexity index is 1260. The van der Waals surface area contributed by atoms with Crippen molar-refractivity contribution in [3.63, 3.8) is 0 Å². The summed E-state index contributed by atoms with van der Waals surface area (Å²) >= 11 is 0. The third kappa shape index (κ3) is 2.65. The Balaban J connectivity index is 1.38. The summed E-state index contributed by atoms with van der Waals surface area (Å²) in [6.45, 7) is 0.704. The summed E-state index contributed by atoms with van der Waals surface area (Å²) in [6.07, 6.45) is 1.93. The third-order valence-corrected chi connectivity index (χ3v) is 5.56. The van der Waals surface area contributed by atoms with Crippen LogP contribution in [0.3, 0.4) is 0 Å². The molecule has 0 bridgehead atoms. The number of hydrogen-bond donors (Lipinski definition) is 1. The standard InChI is InChI=1S/C24H18N2O4/c27-23(16-8-9-19-21(11-16)29-14-28-19)22-18-7-4-10-26(18)24-17(13-25-22)12-20(30-24)15-5-2-1-3-6-15/h1-12,22,25H,13-14H2. The molecule has 6 nitrogen and oxygen atoms in total. The van der Waals surface area contributed by atoms with Crippen LogP contribution in [0.2, 0.25) is 0 Å². The van der Waals surface area contributed by atoms with Crippen molar-refractivity contribution in [3.05, 3.63) is 89.7 Å². The molecule has 1 atom stereocenters. The SMILES string of the molecule is O=C(c1ccc2c(c1)OCO2)C1NCc2cc(-c3ccccc3)oc2-n2cccc21. The normalized spacial score (nSPS) is 16.6. The average Bonchev–Trinajstić information content (AvgIpc) is 3.52. The Labute approximate surface area is 172 Å². The van der Waals surface area contributed by atoms with Gasteiger partial charge in [-0.1, -0.05) is 30.3 Å². The molecule has 0 radical (unpaired) electrons. The molecule has 6 heteroatoms. The zero-order valence-corrected chi connectivity index (χ0v) is 16.0. The van der Waals surface area contributed by atoms with E-state index in [1.165, 1.54) is 0 Å². The first-order valence-electron chi connectivity index (χ1n) is 9.81. The van der Waals surface area contributed by atoms with E-state index in [2.05, 4.69) is 5.32 Å². The number of furan rings is 1. The lowest BCUT2D eigenvalue weighted by molar-refractivity contribution is 0.0939. The number of benzene rings is 2. The topological polar surface area (TPSA) is 65.6 Å². The number of carbonyl (C=O) groups is 1. The maximum absolute atomic E-state index is 13.4. The van der Waals surface area contributed by atoms with Crippen molar-refractivity contribution in [2.24, 2.45) is 0 Å². The van der Waals surface area contributed by atoms with Gasteiger partial charge in [-0.3, -0.25) is 14.7 Å². The number of carbonyl (C=O) groups excluding carboxylic acids is 1. The van der Waals surface area contributed by atoms with Gasteiger partial charge in [0.1, 0.15) is 11.8 Å². The molecular formula is C24H18N2O4. The summed E-state index contributed by atoms with van der Waals surface area (Å²) < 4.78 is 19.0. The lowest BCUT2D eigenvalue weighted by Gasteiger charge is -2.16. The molecule has 1 N–H and O–H groups in total. The summed E-state index contributed by atoms with van der Waals surface area (Å²) in [7, 11) is 0. The van der Waals surface area contributed by atoms with Gasteiger partial charge in [0.25, 0.3) is 0 Å². The van der Waals surface area contributed by atoms with E-state index in [-0.39, 0.29) is 12.6 Å². The molecule has 4 aromatic rings. The first-order valence-corrected chi connectivity index (χ1v) is 9.81. The van der Waals surface area contributed by atoms with Crippen LogP contribution in [-0.4, -0.2) is 17.1 Å². The van der Waals surface area contributed by atoms with Crippen LogP contribution in [-0.2, 0) is 6.54 Å². The Morgan fingerprint density at radius 3 is 2.73 bits per heavy atom. The zero-order chi connectivity index (χ0) is 20.1. The van der Waals surface area contributed by atoms with Crippen molar-refractivity contribution in [1.82, 2.24) is 9.88 Å². The van der Waals surface area contributed by atoms with E-state index in [0.29, 0.717) is 23.6 Å². The average molecular weight is 398 g/mol. The number of nitrogens with one attached hydrogen (secondary N) is 1. The van der Waals surface area contributed by atoms with Gasteiger partial charge in [-0.25, -0.2) is 0 Å². The second kappa shape index (κ2) is 6.64. The second-order valence-corrected chi connectivity index (χ2v) is 7.36. The molecule has 0 spiro atoms. The lowest BCUT2D eigenvalue weighted by Crippen LogP contribution is -2.28. The molecule has 0 fully saturated rings. The van der Waals surface area contributed by atoms with Gasteiger partial charge in [0.2, 0.25) is 12.7 Å². The molecule has 2 aliphatic rings. The van der Waals surface area contributed by atoms with Crippen LogP contribution >= 0.6 is 0 Å². The highest BCUT2D eigenvalue weighted by molar-refractivity contribution is 6.01. The van der Waals surface area contributed by atoms with Crippen molar-refractivity contribution in [1.29, 1.82) is 0 Å². The van der Waals surface area contributed by atoms with E-state index in [4.69, 9.17) is 13.9 Å². The number of nitrogens with zero attached hydrogens (tertiary/aromatic N) is 1. The Kier molecular flexibility index (Phi) is 3.79. The molecule has 2 aromatic heterocycles. The van der Waals surface area contributed by atoms with Crippen LogP contribution in [0.15, 0.2) is 77.3 Å². The minimum absolute atomic E-state index is 0.0262. The summed E-state index contributed by atoms with van der Waals surface area (Å²) in [6, 6.07) is 20.7. The Hall–Kier alpha value is -3.77. The fourth-order valence-electron chi connectivity index (χ4n) is 4.07. The van der Waals surface area contributed by atoms with Gasteiger partial charge in [-0.15, -0.1) is 0 Å². The van der Waals surface area contributed by atoms with E-state index in [0.717, 1.165) is 28.5 Å². The first-order chi connectivity index (χ1) is 14.8. The Morgan fingerprint density at radius 1 is 0.967 bits per heavy atom. The number of fused-ring (bicyclic) bond motifs is 4. The smallest absolute Gasteiger partial charge is 0.231 e. The fraction of sp³-hybridized carbons (Fsp3) is 0.125. The largest absolute Gasteiger partial charge is 0.454 e. The summed E-state index contributed by atoms with van der Waals surface area (Å²) in [5.74, 6) is 2.78. The molecule has 30 heavy (non-hydrogen) atoms. The molecular weight excluding hydrogens is 380 g/mol. The van der Waals surface area contributed by atoms with Gasteiger partial charge in [-0.05, 0) is 36.4 Å².